The third-order valence-electron chi connectivity index (χ3n) is 4.53. The van der Waals surface area contributed by atoms with Gasteiger partial charge in [-0.05, 0) is 37.6 Å². The molecule has 1 atom stereocenters. The summed E-state index contributed by atoms with van der Waals surface area (Å²) < 4.78 is 12.5. The van der Waals surface area contributed by atoms with Crippen LogP contribution in [0.5, 0.6) is 0 Å². The van der Waals surface area contributed by atoms with Crippen LogP contribution < -0.4 is 14.9 Å². The van der Waals surface area contributed by atoms with Gasteiger partial charge in [0.2, 0.25) is 0 Å². The summed E-state index contributed by atoms with van der Waals surface area (Å²) in [4.78, 5) is 31.1. The summed E-state index contributed by atoms with van der Waals surface area (Å²) >= 11 is 7.69. The fourth-order valence-electron chi connectivity index (χ4n) is 3.29. The molecule has 0 radical (unpaired) electrons. The van der Waals surface area contributed by atoms with Gasteiger partial charge < -0.3 is 9.15 Å². The Morgan fingerprint density at radius 3 is 2.83 bits per heavy atom. The quantitative estimate of drug-likeness (QED) is 0.599. The van der Waals surface area contributed by atoms with Crippen LogP contribution in [0.4, 0.5) is 0 Å². The Kier molecular flexibility index (Phi) is 5.25. The lowest BCUT2D eigenvalue weighted by atomic mass is 9.96. The van der Waals surface area contributed by atoms with Crippen LogP contribution in [0.25, 0.3) is 6.08 Å². The lowest BCUT2D eigenvalue weighted by Crippen LogP contribution is -2.40. The molecular weight excluding hydrogens is 412 g/mol. The van der Waals surface area contributed by atoms with E-state index < -0.39 is 12.0 Å². The van der Waals surface area contributed by atoms with E-state index in [1.165, 1.54) is 15.9 Å². The highest BCUT2D eigenvalue weighted by molar-refractivity contribution is 7.07. The standard InChI is InChI=1S/C21H17ClN2O4S/c1-3-27-20(26)17-12(2)23-21-24(18(17)14-8-4-5-9-15(14)22)19(25)16(29-21)11-13-7-6-10-28-13/h4-11,18H,3H2,1-2H3/b16-11-. The van der Waals surface area contributed by atoms with Gasteiger partial charge in [-0.3, -0.25) is 9.36 Å². The van der Waals surface area contributed by atoms with Gasteiger partial charge in [-0.1, -0.05) is 41.1 Å². The highest BCUT2D eigenvalue weighted by Gasteiger charge is 2.34. The molecule has 6 nitrogen and oxygen atoms in total. The zero-order valence-electron chi connectivity index (χ0n) is 15.7. The van der Waals surface area contributed by atoms with Crippen LogP contribution in [0.2, 0.25) is 5.02 Å². The summed E-state index contributed by atoms with van der Waals surface area (Å²) in [5.74, 6) is 0.0462. The van der Waals surface area contributed by atoms with Crippen molar-refractivity contribution in [2.24, 2.45) is 4.99 Å². The molecule has 0 amide bonds. The van der Waals surface area contributed by atoms with E-state index in [-0.39, 0.29) is 12.2 Å². The fraction of sp³-hybridized carbons (Fsp3) is 0.190. The van der Waals surface area contributed by atoms with Gasteiger partial charge in [0, 0.05) is 11.1 Å². The van der Waals surface area contributed by atoms with Gasteiger partial charge in [0.1, 0.15) is 11.8 Å². The van der Waals surface area contributed by atoms with Crippen molar-refractivity contribution in [1.82, 2.24) is 4.57 Å². The zero-order valence-corrected chi connectivity index (χ0v) is 17.3. The largest absolute Gasteiger partial charge is 0.465 e. The second kappa shape index (κ2) is 7.85. The van der Waals surface area contributed by atoms with Crippen molar-refractivity contribution < 1.29 is 13.9 Å². The maximum atomic E-state index is 13.3. The van der Waals surface area contributed by atoms with Crippen molar-refractivity contribution in [2.45, 2.75) is 19.9 Å². The minimum absolute atomic E-state index is 0.216. The van der Waals surface area contributed by atoms with Gasteiger partial charge in [-0.2, -0.15) is 0 Å². The molecule has 1 aromatic carbocycles. The fourth-order valence-corrected chi connectivity index (χ4v) is 4.55. The van der Waals surface area contributed by atoms with Crippen LogP contribution >= 0.6 is 22.9 Å². The topological polar surface area (TPSA) is 73.8 Å². The van der Waals surface area contributed by atoms with E-state index in [0.29, 0.717) is 37.0 Å². The van der Waals surface area contributed by atoms with E-state index in [2.05, 4.69) is 4.99 Å². The van der Waals surface area contributed by atoms with E-state index >= 15 is 0 Å². The minimum atomic E-state index is -0.724. The van der Waals surface area contributed by atoms with Crippen LogP contribution in [0.3, 0.4) is 0 Å². The molecule has 0 aliphatic carbocycles. The molecule has 8 heteroatoms. The molecule has 1 aliphatic heterocycles. The predicted molar refractivity (Wildman–Crippen MR) is 111 cm³/mol. The molecular formula is C21H17ClN2O4S. The van der Waals surface area contributed by atoms with Gasteiger partial charge in [0.05, 0.1) is 28.7 Å². The number of rotatable bonds is 4. The number of allylic oxidation sites excluding steroid dienone is 1. The number of hydrogen-bond acceptors (Lipinski definition) is 6. The summed E-state index contributed by atoms with van der Waals surface area (Å²) in [5, 5.41) is 0.453. The van der Waals surface area contributed by atoms with Gasteiger partial charge in [-0.15, -0.1) is 0 Å². The number of benzene rings is 1. The van der Waals surface area contributed by atoms with Crippen molar-refractivity contribution in [3.05, 3.63) is 90.0 Å². The zero-order chi connectivity index (χ0) is 20.5. The first-order valence-electron chi connectivity index (χ1n) is 8.99. The molecule has 0 fully saturated rings. The molecule has 2 aromatic heterocycles. The van der Waals surface area contributed by atoms with Crippen molar-refractivity contribution >= 4 is 35.0 Å². The summed E-state index contributed by atoms with van der Waals surface area (Å²) in [5.41, 5.74) is 1.16. The maximum Gasteiger partial charge on any atom is 0.338 e. The Morgan fingerprint density at radius 2 is 2.14 bits per heavy atom. The van der Waals surface area contributed by atoms with Gasteiger partial charge in [-0.25, -0.2) is 9.79 Å². The van der Waals surface area contributed by atoms with Crippen LogP contribution in [0.15, 0.2) is 68.1 Å². The summed E-state index contributed by atoms with van der Waals surface area (Å²) in [6.07, 6.45) is 3.20. The second-order valence-electron chi connectivity index (χ2n) is 6.34. The smallest absolute Gasteiger partial charge is 0.338 e. The number of hydrogen-bond donors (Lipinski definition) is 0. The second-order valence-corrected chi connectivity index (χ2v) is 7.76. The monoisotopic (exact) mass is 428 g/mol. The Labute approximate surface area is 175 Å². The molecule has 29 heavy (non-hydrogen) atoms. The number of halogens is 1. The van der Waals surface area contributed by atoms with Crippen LogP contribution in [0.1, 0.15) is 31.2 Å². The van der Waals surface area contributed by atoms with Crippen LogP contribution in [0, 0.1) is 0 Å². The lowest BCUT2D eigenvalue weighted by Gasteiger charge is -2.25. The predicted octanol–water partition coefficient (Wildman–Crippen LogP) is 3.04. The average molecular weight is 429 g/mol. The number of furan rings is 1. The first-order chi connectivity index (χ1) is 14.0. The minimum Gasteiger partial charge on any atom is -0.465 e. The van der Waals surface area contributed by atoms with Crippen molar-refractivity contribution in [3.63, 3.8) is 0 Å². The summed E-state index contributed by atoms with van der Waals surface area (Å²) in [6, 6.07) is 9.93. The first-order valence-corrected chi connectivity index (χ1v) is 10.2. The number of carbonyl (C=O) groups excluding carboxylic acids is 1. The normalized spacial score (nSPS) is 16.5. The maximum absolute atomic E-state index is 13.3. The Hall–Kier alpha value is -2.90. The summed E-state index contributed by atoms with van der Waals surface area (Å²) in [6.45, 7) is 3.68. The van der Waals surface area contributed by atoms with Crippen LogP contribution in [-0.2, 0) is 9.53 Å². The van der Waals surface area contributed by atoms with Crippen molar-refractivity contribution in [3.8, 4) is 0 Å². The number of esters is 1. The molecule has 148 valence electrons. The SMILES string of the molecule is CCOC(=O)C1=C(C)N=c2s/c(=C\c3ccco3)c(=O)n2C1c1ccccc1Cl. The molecule has 0 saturated carbocycles. The third kappa shape index (κ3) is 3.47. The number of aromatic nitrogens is 1. The van der Waals surface area contributed by atoms with Crippen LogP contribution in [-0.4, -0.2) is 17.1 Å². The van der Waals surface area contributed by atoms with Gasteiger partial charge in [0.25, 0.3) is 5.56 Å². The van der Waals surface area contributed by atoms with E-state index in [4.69, 9.17) is 20.8 Å². The molecule has 0 N–H and O–H groups in total. The Bertz CT molecular complexity index is 1280. The Balaban J connectivity index is 2.00. The molecule has 4 rings (SSSR count). The molecule has 1 aliphatic rings. The van der Waals surface area contributed by atoms with Gasteiger partial charge >= 0.3 is 5.97 Å². The number of nitrogens with zero attached hydrogens (tertiary/aromatic N) is 2. The third-order valence-corrected chi connectivity index (χ3v) is 5.86. The molecule has 1 unspecified atom stereocenters. The molecule has 3 aromatic rings. The molecule has 3 heterocycles. The number of thiazole rings is 1. The number of carbonyl (C=O) groups is 1. The summed E-state index contributed by atoms with van der Waals surface area (Å²) in [7, 11) is 0. The molecule has 0 spiro atoms. The highest BCUT2D eigenvalue weighted by atomic mass is 35.5. The van der Waals surface area contributed by atoms with E-state index in [1.54, 1.807) is 56.5 Å². The van der Waals surface area contributed by atoms with E-state index in [1.807, 2.05) is 6.07 Å². The first kappa shape index (κ1) is 19.4. The number of fused-ring (bicyclic) bond motifs is 1. The molecule has 0 saturated heterocycles. The molecule has 0 bridgehead atoms. The van der Waals surface area contributed by atoms with E-state index in [0.717, 1.165) is 0 Å². The van der Waals surface area contributed by atoms with E-state index in [9.17, 15) is 9.59 Å². The highest BCUT2D eigenvalue weighted by Crippen LogP contribution is 2.34. The lowest BCUT2D eigenvalue weighted by molar-refractivity contribution is -0.139. The Morgan fingerprint density at radius 1 is 1.34 bits per heavy atom. The van der Waals surface area contributed by atoms with Gasteiger partial charge in [0.15, 0.2) is 4.80 Å². The van der Waals surface area contributed by atoms with Crippen molar-refractivity contribution in [1.29, 1.82) is 0 Å². The van der Waals surface area contributed by atoms with Crippen molar-refractivity contribution in [2.75, 3.05) is 6.61 Å². The average Bonchev–Trinajstić information content (AvgIpc) is 3.30. The number of ether oxygens (including phenoxy) is 1.